The smallest absolute Gasteiger partial charge is 0.341 e. The van der Waals surface area contributed by atoms with Gasteiger partial charge in [-0.3, -0.25) is 9.69 Å². The minimum Gasteiger partial charge on any atom is -0.438 e. The van der Waals surface area contributed by atoms with Gasteiger partial charge in [-0.1, -0.05) is 66.7 Å². The first kappa shape index (κ1) is 17.2. The van der Waals surface area contributed by atoms with E-state index in [0.717, 1.165) is 10.8 Å². The fourth-order valence-corrected chi connectivity index (χ4v) is 3.41. The van der Waals surface area contributed by atoms with Crippen LogP contribution in [0, 0.1) is 0 Å². The number of nitrogens with zero attached hydrogens (tertiary/aromatic N) is 1. The van der Waals surface area contributed by atoms with Crippen molar-refractivity contribution in [2.75, 3.05) is 14.1 Å². The first-order valence-electron chi connectivity index (χ1n) is 8.77. The summed E-state index contributed by atoms with van der Waals surface area (Å²) in [6.45, 7) is 0. The summed E-state index contributed by atoms with van der Waals surface area (Å²) in [7, 11) is 3.58. The van der Waals surface area contributed by atoms with Crippen LogP contribution in [-0.4, -0.2) is 37.0 Å². The fourth-order valence-electron chi connectivity index (χ4n) is 3.41. The fraction of sp³-hybridized carbons (Fsp3) is 0.130. The molecule has 1 heterocycles. The standard InChI is InChI=1S/C23H19NO3/c1-24(2)22-20(19(23(26)27-22)16-9-4-3-5-10-16)21(25)18-13-12-15-8-6-7-11-17(15)14-18/h3-14,22H,1-2H3. The average molecular weight is 357 g/mol. The van der Waals surface area contributed by atoms with Crippen LogP contribution < -0.4 is 0 Å². The summed E-state index contributed by atoms with van der Waals surface area (Å²) < 4.78 is 5.52. The summed E-state index contributed by atoms with van der Waals surface area (Å²) in [6, 6.07) is 22.7. The lowest BCUT2D eigenvalue weighted by atomic mass is 9.93. The maximum absolute atomic E-state index is 13.4. The molecule has 0 radical (unpaired) electrons. The van der Waals surface area contributed by atoms with Crippen molar-refractivity contribution in [1.29, 1.82) is 0 Å². The molecule has 0 bridgehead atoms. The SMILES string of the molecule is CN(C)C1OC(=O)C(c2ccccc2)=C1C(=O)c1ccc2ccccc2c1. The van der Waals surface area contributed by atoms with Crippen molar-refractivity contribution in [3.63, 3.8) is 0 Å². The topological polar surface area (TPSA) is 46.6 Å². The number of carbonyl (C=O) groups is 2. The molecule has 4 rings (SSSR count). The van der Waals surface area contributed by atoms with Crippen molar-refractivity contribution in [3.05, 3.63) is 89.5 Å². The predicted molar refractivity (Wildman–Crippen MR) is 105 cm³/mol. The number of hydrogen-bond acceptors (Lipinski definition) is 4. The largest absolute Gasteiger partial charge is 0.438 e. The Labute approximate surface area is 157 Å². The second kappa shape index (κ2) is 6.82. The Morgan fingerprint density at radius 3 is 2.26 bits per heavy atom. The molecule has 0 fully saturated rings. The Balaban J connectivity index is 1.88. The van der Waals surface area contributed by atoms with Gasteiger partial charge in [-0.15, -0.1) is 0 Å². The Bertz CT molecular complexity index is 1070. The maximum atomic E-state index is 13.4. The van der Waals surface area contributed by atoms with Crippen LogP contribution in [0.25, 0.3) is 16.3 Å². The number of carbonyl (C=O) groups excluding carboxylic acids is 2. The van der Waals surface area contributed by atoms with Crippen molar-refractivity contribution in [2.45, 2.75) is 6.23 Å². The van der Waals surface area contributed by atoms with Gasteiger partial charge in [0.05, 0.1) is 11.1 Å². The molecule has 27 heavy (non-hydrogen) atoms. The second-order valence-electron chi connectivity index (χ2n) is 6.77. The summed E-state index contributed by atoms with van der Waals surface area (Å²) in [5, 5.41) is 2.05. The summed E-state index contributed by atoms with van der Waals surface area (Å²) in [5.74, 6) is -0.659. The van der Waals surface area contributed by atoms with Gasteiger partial charge in [0.2, 0.25) is 0 Å². The lowest BCUT2D eigenvalue weighted by molar-refractivity contribution is -0.143. The van der Waals surface area contributed by atoms with Gasteiger partial charge in [0.25, 0.3) is 0 Å². The molecule has 3 aromatic rings. The van der Waals surface area contributed by atoms with E-state index in [9.17, 15) is 9.59 Å². The highest BCUT2D eigenvalue weighted by Gasteiger charge is 2.40. The number of likely N-dealkylation sites (N-methyl/N-ethyl adjacent to an activating group) is 1. The molecule has 3 aromatic carbocycles. The van der Waals surface area contributed by atoms with Crippen LogP contribution in [0.4, 0.5) is 0 Å². The Morgan fingerprint density at radius 2 is 1.56 bits per heavy atom. The molecule has 1 aliphatic heterocycles. The summed E-state index contributed by atoms with van der Waals surface area (Å²) in [6.07, 6.45) is -0.702. The second-order valence-corrected chi connectivity index (χ2v) is 6.77. The number of ketones is 1. The van der Waals surface area contributed by atoms with Crippen LogP contribution in [0.2, 0.25) is 0 Å². The average Bonchev–Trinajstić information content (AvgIpc) is 3.05. The molecular weight excluding hydrogens is 338 g/mol. The molecule has 0 saturated carbocycles. The molecular formula is C23H19NO3. The number of Topliss-reactive ketones (excluding diaryl/α,β-unsaturated/α-hetero) is 1. The summed E-state index contributed by atoms with van der Waals surface area (Å²) in [4.78, 5) is 27.7. The van der Waals surface area contributed by atoms with Gasteiger partial charge in [-0.25, -0.2) is 4.79 Å². The van der Waals surface area contributed by atoms with E-state index in [-0.39, 0.29) is 5.78 Å². The lowest BCUT2D eigenvalue weighted by Gasteiger charge is -2.20. The number of fused-ring (bicyclic) bond motifs is 1. The summed E-state index contributed by atoms with van der Waals surface area (Å²) in [5.41, 5.74) is 1.96. The van der Waals surface area contributed by atoms with Crippen molar-refractivity contribution in [3.8, 4) is 0 Å². The van der Waals surface area contributed by atoms with E-state index in [1.54, 1.807) is 25.1 Å². The van der Waals surface area contributed by atoms with Crippen molar-refractivity contribution >= 4 is 28.1 Å². The zero-order chi connectivity index (χ0) is 19.0. The van der Waals surface area contributed by atoms with Crippen LogP contribution in [0.1, 0.15) is 15.9 Å². The quantitative estimate of drug-likeness (QED) is 0.524. The van der Waals surface area contributed by atoms with E-state index in [1.807, 2.05) is 66.7 Å². The molecule has 0 aromatic heterocycles. The molecule has 0 amide bonds. The number of cyclic esters (lactones) is 1. The third kappa shape index (κ3) is 3.04. The molecule has 1 aliphatic rings. The van der Waals surface area contributed by atoms with Crippen LogP contribution in [0.3, 0.4) is 0 Å². The molecule has 1 unspecified atom stereocenters. The van der Waals surface area contributed by atoms with Crippen molar-refractivity contribution in [1.82, 2.24) is 4.90 Å². The number of hydrogen-bond donors (Lipinski definition) is 0. The Hall–Kier alpha value is -3.24. The van der Waals surface area contributed by atoms with Crippen LogP contribution in [-0.2, 0) is 9.53 Å². The highest BCUT2D eigenvalue weighted by Crippen LogP contribution is 2.34. The number of benzene rings is 3. The molecule has 0 spiro atoms. The van der Waals surface area contributed by atoms with Gasteiger partial charge in [-0.2, -0.15) is 0 Å². The van der Waals surface area contributed by atoms with Gasteiger partial charge in [0.15, 0.2) is 12.0 Å². The molecule has 4 nitrogen and oxygen atoms in total. The molecule has 0 aliphatic carbocycles. The van der Waals surface area contributed by atoms with Gasteiger partial charge < -0.3 is 4.74 Å². The van der Waals surface area contributed by atoms with Gasteiger partial charge in [-0.05, 0) is 36.5 Å². The number of rotatable bonds is 4. The van der Waals surface area contributed by atoms with Crippen LogP contribution in [0.15, 0.2) is 78.4 Å². The van der Waals surface area contributed by atoms with Crippen LogP contribution >= 0.6 is 0 Å². The zero-order valence-corrected chi connectivity index (χ0v) is 15.2. The zero-order valence-electron chi connectivity index (χ0n) is 15.2. The normalized spacial score (nSPS) is 16.9. The molecule has 0 saturated heterocycles. The van der Waals surface area contributed by atoms with Crippen LogP contribution in [0.5, 0.6) is 0 Å². The van der Waals surface area contributed by atoms with E-state index in [4.69, 9.17) is 4.74 Å². The van der Waals surface area contributed by atoms with Crippen molar-refractivity contribution < 1.29 is 14.3 Å². The molecule has 4 heteroatoms. The highest BCUT2D eigenvalue weighted by molar-refractivity contribution is 6.29. The van der Waals surface area contributed by atoms with E-state index in [1.165, 1.54) is 0 Å². The third-order valence-corrected chi connectivity index (χ3v) is 4.73. The highest BCUT2D eigenvalue weighted by atomic mass is 16.6. The first-order chi connectivity index (χ1) is 13.1. The maximum Gasteiger partial charge on any atom is 0.341 e. The van der Waals surface area contributed by atoms with Gasteiger partial charge >= 0.3 is 5.97 Å². The predicted octanol–water partition coefficient (Wildman–Crippen LogP) is 3.92. The van der Waals surface area contributed by atoms with Gasteiger partial charge in [0.1, 0.15) is 0 Å². The monoisotopic (exact) mass is 357 g/mol. The minimum absolute atomic E-state index is 0.191. The van der Waals surface area contributed by atoms with E-state index < -0.39 is 12.2 Å². The molecule has 0 N–H and O–H groups in total. The minimum atomic E-state index is -0.702. The summed E-state index contributed by atoms with van der Waals surface area (Å²) >= 11 is 0. The Morgan fingerprint density at radius 1 is 0.889 bits per heavy atom. The van der Waals surface area contributed by atoms with E-state index >= 15 is 0 Å². The molecule has 1 atom stereocenters. The third-order valence-electron chi connectivity index (χ3n) is 4.73. The van der Waals surface area contributed by atoms with Crippen molar-refractivity contribution in [2.24, 2.45) is 0 Å². The van der Waals surface area contributed by atoms with E-state index in [0.29, 0.717) is 22.3 Å². The van der Waals surface area contributed by atoms with E-state index in [2.05, 4.69) is 0 Å². The molecule has 134 valence electrons. The Kier molecular flexibility index (Phi) is 4.34. The number of ether oxygens (including phenoxy) is 1. The lowest BCUT2D eigenvalue weighted by Crippen LogP contribution is -2.32. The van der Waals surface area contributed by atoms with Gasteiger partial charge in [0, 0.05) is 5.56 Å². The first-order valence-corrected chi connectivity index (χ1v) is 8.77. The number of esters is 1.